The van der Waals surface area contributed by atoms with Gasteiger partial charge in [0.25, 0.3) is 0 Å². The third kappa shape index (κ3) is 2.61. The molecule has 0 saturated heterocycles. The number of benzene rings is 1. The van der Waals surface area contributed by atoms with Crippen molar-refractivity contribution in [1.29, 1.82) is 0 Å². The Kier molecular flexibility index (Phi) is 3.54. The molecule has 0 saturated carbocycles. The second-order valence-corrected chi connectivity index (χ2v) is 2.52. The maximum absolute atomic E-state index is 9.47. The molecule has 0 aliphatic carbocycles. The summed E-state index contributed by atoms with van der Waals surface area (Å²) < 4.78 is 4.94. The van der Waals surface area contributed by atoms with Crippen LogP contribution in [0.15, 0.2) is 18.2 Å². The maximum atomic E-state index is 9.47. The fraction of sp³-hybridized carbons (Fsp3) is 0.333. The minimum Gasteiger partial charge on any atom is -0.507 e. The lowest BCUT2D eigenvalue weighted by Crippen LogP contribution is -2.10. The maximum Gasteiger partial charge on any atom is 0.123 e. The number of hydroxylamine groups is 1. The first-order valence-electron chi connectivity index (χ1n) is 3.89. The SMILES string of the molecule is CONCc1ccc(OC)cc1O. The predicted molar refractivity (Wildman–Crippen MR) is 48.5 cm³/mol. The Bertz CT molecular complexity index is 276. The average Bonchev–Trinajstić information content (AvgIpc) is 2.16. The molecular formula is C9H13NO3. The Morgan fingerprint density at radius 3 is 2.69 bits per heavy atom. The van der Waals surface area contributed by atoms with E-state index in [0.29, 0.717) is 12.3 Å². The van der Waals surface area contributed by atoms with E-state index >= 15 is 0 Å². The fourth-order valence-corrected chi connectivity index (χ4v) is 0.970. The first kappa shape index (κ1) is 9.83. The van der Waals surface area contributed by atoms with Crippen LogP contribution in [-0.4, -0.2) is 19.3 Å². The second-order valence-electron chi connectivity index (χ2n) is 2.52. The van der Waals surface area contributed by atoms with Gasteiger partial charge in [-0.1, -0.05) is 6.07 Å². The molecule has 4 nitrogen and oxygen atoms in total. The molecule has 0 spiro atoms. The Labute approximate surface area is 77.1 Å². The summed E-state index contributed by atoms with van der Waals surface area (Å²) in [5, 5.41) is 9.47. The van der Waals surface area contributed by atoms with Crippen LogP contribution in [0.3, 0.4) is 0 Å². The van der Waals surface area contributed by atoms with E-state index in [-0.39, 0.29) is 5.75 Å². The molecule has 1 aromatic rings. The molecule has 0 atom stereocenters. The van der Waals surface area contributed by atoms with Crippen molar-refractivity contribution < 1.29 is 14.7 Å². The van der Waals surface area contributed by atoms with Crippen LogP contribution in [0.25, 0.3) is 0 Å². The van der Waals surface area contributed by atoms with E-state index < -0.39 is 0 Å². The summed E-state index contributed by atoms with van der Waals surface area (Å²) in [6.07, 6.45) is 0. The van der Waals surface area contributed by atoms with E-state index in [4.69, 9.17) is 4.74 Å². The molecule has 0 unspecified atom stereocenters. The lowest BCUT2D eigenvalue weighted by atomic mass is 10.2. The van der Waals surface area contributed by atoms with Crippen LogP contribution in [0.2, 0.25) is 0 Å². The van der Waals surface area contributed by atoms with Crippen LogP contribution < -0.4 is 10.2 Å². The third-order valence-corrected chi connectivity index (χ3v) is 1.70. The Balaban J connectivity index is 2.73. The van der Waals surface area contributed by atoms with Crippen molar-refractivity contribution in [2.24, 2.45) is 0 Å². The van der Waals surface area contributed by atoms with E-state index in [2.05, 4.69) is 10.3 Å². The molecule has 0 bridgehead atoms. The van der Waals surface area contributed by atoms with Gasteiger partial charge in [-0.25, -0.2) is 0 Å². The molecule has 0 aliphatic heterocycles. The largest absolute Gasteiger partial charge is 0.507 e. The van der Waals surface area contributed by atoms with Gasteiger partial charge in [-0.05, 0) is 6.07 Å². The van der Waals surface area contributed by atoms with Gasteiger partial charge in [-0.2, -0.15) is 5.48 Å². The average molecular weight is 183 g/mol. The normalized spacial score (nSPS) is 10.0. The van der Waals surface area contributed by atoms with Gasteiger partial charge < -0.3 is 14.7 Å². The lowest BCUT2D eigenvalue weighted by Gasteiger charge is -2.06. The molecule has 1 aromatic carbocycles. The van der Waals surface area contributed by atoms with E-state index in [1.807, 2.05) is 0 Å². The standard InChI is InChI=1S/C9H13NO3/c1-12-8-4-3-7(6-10-13-2)9(11)5-8/h3-5,10-11H,6H2,1-2H3. The number of ether oxygens (including phenoxy) is 1. The molecular weight excluding hydrogens is 170 g/mol. The summed E-state index contributed by atoms with van der Waals surface area (Å²) >= 11 is 0. The van der Waals surface area contributed by atoms with Crippen molar-refractivity contribution in [3.05, 3.63) is 23.8 Å². The number of aromatic hydroxyl groups is 1. The summed E-state index contributed by atoms with van der Waals surface area (Å²) in [7, 11) is 3.09. The number of rotatable bonds is 4. The van der Waals surface area contributed by atoms with Crippen molar-refractivity contribution in [3.63, 3.8) is 0 Å². The monoisotopic (exact) mass is 183 g/mol. The number of nitrogens with one attached hydrogen (secondary N) is 1. The van der Waals surface area contributed by atoms with Gasteiger partial charge in [0.1, 0.15) is 11.5 Å². The van der Waals surface area contributed by atoms with Crippen LogP contribution in [-0.2, 0) is 11.4 Å². The molecule has 0 amide bonds. The first-order valence-corrected chi connectivity index (χ1v) is 3.89. The molecule has 0 radical (unpaired) electrons. The van der Waals surface area contributed by atoms with Gasteiger partial charge in [0.2, 0.25) is 0 Å². The van der Waals surface area contributed by atoms with Gasteiger partial charge in [0, 0.05) is 18.2 Å². The summed E-state index contributed by atoms with van der Waals surface area (Å²) in [4.78, 5) is 4.66. The number of phenols is 1. The van der Waals surface area contributed by atoms with Gasteiger partial charge in [0.15, 0.2) is 0 Å². The molecule has 2 N–H and O–H groups in total. The summed E-state index contributed by atoms with van der Waals surface area (Å²) in [5.41, 5.74) is 3.41. The zero-order valence-electron chi connectivity index (χ0n) is 7.70. The lowest BCUT2D eigenvalue weighted by molar-refractivity contribution is 0.0861. The highest BCUT2D eigenvalue weighted by atomic mass is 16.6. The summed E-state index contributed by atoms with van der Waals surface area (Å²) in [6.45, 7) is 0.465. The number of hydrogen-bond donors (Lipinski definition) is 2. The highest BCUT2D eigenvalue weighted by Crippen LogP contribution is 2.22. The minimum atomic E-state index is 0.198. The summed E-state index contributed by atoms with van der Waals surface area (Å²) in [6, 6.07) is 5.12. The second kappa shape index (κ2) is 4.69. The molecule has 0 heterocycles. The summed E-state index contributed by atoms with van der Waals surface area (Å²) in [5.74, 6) is 0.836. The van der Waals surface area contributed by atoms with E-state index in [1.165, 1.54) is 7.11 Å². The number of methoxy groups -OCH3 is 1. The fourth-order valence-electron chi connectivity index (χ4n) is 0.970. The quantitative estimate of drug-likeness (QED) is 0.685. The number of phenolic OH excluding ortho intramolecular Hbond substituents is 1. The molecule has 1 rings (SSSR count). The van der Waals surface area contributed by atoms with Gasteiger partial charge in [-0.15, -0.1) is 0 Å². The molecule has 72 valence electrons. The van der Waals surface area contributed by atoms with Crippen molar-refractivity contribution in [3.8, 4) is 11.5 Å². The van der Waals surface area contributed by atoms with Gasteiger partial charge in [0.05, 0.1) is 14.2 Å². The molecule has 0 aliphatic rings. The Morgan fingerprint density at radius 2 is 2.15 bits per heavy atom. The smallest absolute Gasteiger partial charge is 0.123 e. The van der Waals surface area contributed by atoms with Crippen LogP contribution in [0.1, 0.15) is 5.56 Å². The van der Waals surface area contributed by atoms with Gasteiger partial charge in [-0.3, -0.25) is 0 Å². The predicted octanol–water partition coefficient (Wildman–Crippen LogP) is 1.05. The van der Waals surface area contributed by atoms with Crippen molar-refractivity contribution in [1.82, 2.24) is 5.48 Å². The van der Waals surface area contributed by atoms with E-state index in [9.17, 15) is 5.11 Å². The molecule has 4 heteroatoms. The Hall–Kier alpha value is -1.26. The van der Waals surface area contributed by atoms with Crippen LogP contribution in [0, 0.1) is 0 Å². The van der Waals surface area contributed by atoms with Crippen LogP contribution in [0.5, 0.6) is 11.5 Å². The zero-order chi connectivity index (χ0) is 9.68. The highest BCUT2D eigenvalue weighted by molar-refractivity contribution is 5.39. The van der Waals surface area contributed by atoms with Crippen LogP contribution >= 0.6 is 0 Å². The minimum absolute atomic E-state index is 0.198. The number of hydrogen-bond acceptors (Lipinski definition) is 4. The van der Waals surface area contributed by atoms with Crippen molar-refractivity contribution >= 4 is 0 Å². The highest BCUT2D eigenvalue weighted by Gasteiger charge is 2.01. The Morgan fingerprint density at radius 1 is 1.38 bits per heavy atom. The molecule has 13 heavy (non-hydrogen) atoms. The van der Waals surface area contributed by atoms with Crippen molar-refractivity contribution in [2.75, 3.05) is 14.2 Å². The molecule has 0 fully saturated rings. The van der Waals surface area contributed by atoms with E-state index in [1.54, 1.807) is 25.3 Å². The van der Waals surface area contributed by atoms with E-state index in [0.717, 1.165) is 5.56 Å². The first-order chi connectivity index (χ1) is 6.27. The zero-order valence-corrected chi connectivity index (χ0v) is 7.70. The van der Waals surface area contributed by atoms with Gasteiger partial charge >= 0.3 is 0 Å². The molecule has 0 aromatic heterocycles. The van der Waals surface area contributed by atoms with Crippen LogP contribution in [0.4, 0.5) is 0 Å². The third-order valence-electron chi connectivity index (χ3n) is 1.70. The topological polar surface area (TPSA) is 50.7 Å². The van der Waals surface area contributed by atoms with Crippen molar-refractivity contribution in [2.45, 2.75) is 6.54 Å².